The zero-order valence-corrected chi connectivity index (χ0v) is 21.9. The number of ether oxygens (including phenoxy) is 3. The SMILES string of the molecule is COc1cc(C=C2SC(=O)N(CCNC(=O)C3=NN(c4ccccc4)C(=O)CC3)C2=O)cc(OC)c1OC. The number of hydrogen-bond donors (Lipinski definition) is 1. The molecule has 1 N–H and O–H groups in total. The molecule has 0 spiro atoms. The van der Waals surface area contributed by atoms with Crippen molar-refractivity contribution in [3.63, 3.8) is 0 Å². The molecule has 0 radical (unpaired) electrons. The lowest BCUT2D eigenvalue weighted by atomic mass is 10.1. The highest BCUT2D eigenvalue weighted by atomic mass is 32.2. The highest BCUT2D eigenvalue weighted by Crippen LogP contribution is 2.40. The molecule has 11 nitrogen and oxygen atoms in total. The summed E-state index contributed by atoms with van der Waals surface area (Å²) in [7, 11) is 4.46. The number of methoxy groups -OCH3 is 3. The molecule has 2 aliphatic heterocycles. The van der Waals surface area contributed by atoms with Gasteiger partial charge in [0.1, 0.15) is 5.71 Å². The maximum atomic E-state index is 12.9. The third-order valence-electron chi connectivity index (χ3n) is 5.77. The first-order valence-electron chi connectivity index (χ1n) is 11.6. The van der Waals surface area contributed by atoms with Gasteiger partial charge in [0, 0.05) is 25.9 Å². The molecule has 4 rings (SSSR count). The number of rotatable bonds is 9. The van der Waals surface area contributed by atoms with Gasteiger partial charge in [0.2, 0.25) is 11.7 Å². The molecular formula is C26H26N4O7S. The number of hydrazone groups is 1. The number of hydrogen-bond acceptors (Lipinski definition) is 9. The lowest BCUT2D eigenvalue weighted by molar-refractivity contribution is -0.123. The molecule has 4 amide bonds. The number of amides is 4. The van der Waals surface area contributed by atoms with E-state index in [2.05, 4.69) is 10.4 Å². The summed E-state index contributed by atoms with van der Waals surface area (Å²) in [5.41, 5.74) is 1.36. The van der Waals surface area contributed by atoms with E-state index in [4.69, 9.17) is 14.2 Å². The van der Waals surface area contributed by atoms with Crippen LogP contribution >= 0.6 is 11.8 Å². The van der Waals surface area contributed by atoms with Crippen LogP contribution in [0, 0.1) is 0 Å². The highest BCUT2D eigenvalue weighted by molar-refractivity contribution is 8.18. The summed E-state index contributed by atoms with van der Waals surface area (Å²) in [5, 5.41) is 7.66. The molecular weight excluding hydrogens is 512 g/mol. The Kier molecular flexibility index (Phi) is 8.31. The number of carbonyl (C=O) groups is 4. The molecule has 0 bridgehead atoms. The normalized spacial score (nSPS) is 16.6. The van der Waals surface area contributed by atoms with Gasteiger partial charge in [0.15, 0.2) is 11.5 Å². The Hall–Kier alpha value is -4.32. The molecule has 1 fully saturated rings. The third kappa shape index (κ3) is 5.65. The summed E-state index contributed by atoms with van der Waals surface area (Å²) in [4.78, 5) is 51.7. The first-order valence-corrected chi connectivity index (χ1v) is 12.5. The summed E-state index contributed by atoms with van der Waals surface area (Å²) < 4.78 is 16.0. The van der Waals surface area contributed by atoms with Gasteiger partial charge >= 0.3 is 0 Å². The minimum absolute atomic E-state index is 0.0163. The second-order valence-electron chi connectivity index (χ2n) is 8.14. The standard InChI is InChI=1S/C26H26N4O7S/c1-35-19-13-16(14-20(36-2)23(19)37-3)15-21-25(33)29(26(34)38-21)12-11-27-24(32)18-9-10-22(31)30(28-18)17-7-5-4-6-8-17/h4-8,13-15H,9-12H2,1-3H3,(H,27,32). The predicted molar refractivity (Wildman–Crippen MR) is 142 cm³/mol. The molecule has 12 heteroatoms. The number of anilines is 1. The van der Waals surface area contributed by atoms with Crippen molar-refractivity contribution in [2.24, 2.45) is 5.10 Å². The van der Waals surface area contributed by atoms with Crippen molar-refractivity contribution in [2.45, 2.75) is 12.8 Å². The maximum absolute atomic E-state index is 12.9. The molecule has 0 unspecified atom stereocenters. The lowest BCUT2D eigenvalue weighted by Crippen LogP contribution is -2.42. The molecule has 0 atom stereocenters. The molecule has 2 aliphatic rings. The van der Waals surface area contributed by atoms with Crippen LogP contribution in [0.2, 0.25) is 0 Å². The lowest BCUT2D eigenvalue weighted by Gasteiger charge is -2.23. The topological polar surface area (TPSA) is 127 Å². The van der Waals surface area contributed by atoms with Gasteiger partial charge in [-0.3, -0.25) is 24.1 Å². The van der Waals surface area contributed by atoms with E-state index in [1.54, 1.807) is 42.5 Å². The minimum Gasteiger partial charge on any atom is -0.493 e. The molecule has 0 saturated carbocycles. The Labute approximate surface area is 223 Å². The van der Waals surface area contributed by atoms with Crippen LogP contribution < -0.4 is 24.5 Å². The second kappa shape index (κ2) is 11.8. The summed E-state index contributed by atoms with van der Waals surface area (Å²) in [6, 6.07) is 12.2. The fourth-order valence-electron chi connectivity index (χ4n) is 3.90. The largest absolute Gasteiger partial charge is 0.493 e. The molecule has 38 heavy (non-hydrogen) atoms. The summed E-state index contributed by atoms with van der Waals surface area (Å²) in [6.45, 7) is 0.0181. The van der Waals surface area contributed by atoms with Gasteiger partial charge in [-0.1, -0.05) is 18.2 Å². The average molecular weight is 539 g/mol. The van der Waals surface area contributed by atoms with Crippen LogP contribution in [-0.2, 0) is 14.4 Å². The zero-order valence-electron chi connectivity index (χ0n) is 21.1. The van der Waals surface area contributed by atoms with E-state index in [9.17, 15) is 19.2 Å². The number of nitrogens with zero attached hydrogens (tertiary/aromatic N) is 3. The number of carbonyl (C=O) groups excluding carboxylic acids is 4. The molecule has 1 saturated heterocycles. The van der Waals surface area contributed by atoms with Gasteiger partial charge in [-0.2, -0.15) is 5.10 Å². The summed E-state index contributed by atoms with van der Waals surface area (Å²) >= 11 is 0.804. The first-order chi connectivity index (χ1) is 18.4. The van der Waals surface area contributed by atoms with E-state index in [0.717, 1.165) is 16.7 Å². The van der Waals surface area contributed by atoms with Gasteiger partial charge in [0.25, 0.3) is 17.1 Å². The smallest absolute Gasteiger partial charge is 0.293 e. The van der Waals surface area contributed by atoms with Crippen LogP contribution in [0.4, 0.5) is 10.5 Å². The van der Waals surface area contributed by atoms with Gasteiger partial charge in [-0.15, -0.1) is 0 Å². The van der Waals surface area contributed by atoms with Crippen LogP contribution in [0.3, 0.4) is 0 Å². The third-order valence-corrected chi connectivity index (χ3v) is 6.68. The molecule has 198 valence electrons. The van der Waals surface area contributed by atoms with Crippen LogP contribution in [0.1, 0.15) is 18.4 Å². The molecule has 0 aliphatic carbocycles. The molecule has 2 heterocycles. The quantitative estimate of drug-likeness (QED) is 0.483. The van der Waals surface area contributed by atoms with Crippen molar-refractivity contribution in [2.75, 3.05) is 39.4 Å². The average Bonchev–Trinajstić information content (AvgIpc) is 3.20. The van der Waals surface area contributed by atoms with Crippen LogP contribution in [0.25, 0.3) is 6.08 Å². The van der Waals surface area contributed by atoms with E-state index < -0.39 is 17.1 Å². The second-order valence-corrected chi connectivity index (χ2v) is 9.13. The molecule has 2 aromatic rings. The van der Waals surface area contributed by atoms with Crippen LogP contribution in [-0.4, -0.2) is 68.0 Å². The first kappa shape index (κ1) is 26.7. The molecule has 2 aromatic carbocycles. The van der Waals surface area contributed by atoms with E-state index >= 15 is 0 Å². The van der Waals surface area contributed by atoms with E-state index in [0.29, 0.717) is 28.5 Å². The Morgan fingerprint density at radius 2 is 1.71 bits per heavy atom. The number of para-hydroxylation sites is 1. The molecule has 0 aromatic heterocycles. The Bertz CT molecular complexity index is 1300. The number of imide groups is 1. The summed E-state index contributed by atoms with van der Waals surface area (Å²) in [5.74, 6) is 0.105. The minimum atomic E-state index is -0.473. The van der Waals surface area contributed by atoms with Gasteiger partial charge in [-0.05, 0) is 47.7 Å². The van der Waals surface area contributed by atoms with Crippen molar-refractivity contribution in [1.82, 2.24) is 10.2 Å². The number of thioether (sulfide) groups is 1. The van der Waals surface area contributed by atoms with E-state index in [-0.39, 0.29) is 42.5 Å². The van der Waals surface area contributed by atoms with Gasteiger partial charge < -0.3 is 19.5 Å². The Morgan fingerprint density at radius 1 is 1.03 bits per heavy atom. The fraction of sp³-hybridized carbons (Fsp3) is 0.269. The van der Waals surface area contributed by atoms with E-state index in [1.807, 2.05) is 6.07 Å². The van der Waals surface area contributed by atoms with Gasteiger partial charge in [-0.25, -0.2) is 5.01 Å². The van der Waals surface area contributed by atoms with E-state index in [1.165, 1.54) is 26.3 Å². The summed E-state index contributed by atoms with van der Waals surface area (Å²) in [6.07, 6.45) is 1.92. The highest BCUT2D eigenvalue weighted by Gasteiger charge is 2.35. The van der Waals surface area contributed by atoms with Gasteiger partial charge in [0.05, 0.1) is 31.9 Å². The Balaban J connectivity index is 1.40. The van der Waals surface area contributed by atoms with Crippen molar-refractivity contribution in [3.05, 3.63) is 52.9 Å². The monoisotopic (exact) mass is 538 g/mol. The number of nitrogens with one attached hydrogen (secondary N) is 1. The van der Waals surface area contributed by atoms with Crippen molar-refractivity contribution in [3.8, 4) is 17.2 Å². The van der Waals surface area contributed by atoms with Crippen LogP contribution in [0.5, 0.6) is 17.2 Å². The van der Waals surface area contributed by atoms with Crippen molar-refractivity contribution < 1.29 is 33.4 Å². The number of benzene rings is 2. The fourth-order valence-corrected chi connectivity index (χ4v) is 4.76. The maximum Gasteiger partial charge on any atom is 0.293 e. The van der Waals surface area contributed by atoms with Crippen molar-refractivity contribution >= 4 is 52.2 Å². The Morgan fingerprint density at radius 3 is 2.34 bits per heavy atom. The van der Waals surface area contributed by atoms with Crippen LogP contribution in [0.15, 0.2) is 52.5 Å². The van der Waals surface area contributed by atoms with Crippen molar-refractivity contribution in [1.29, 1.82) is 0 Å². The predicted octanol–water partition coefficient (Wildman–Crippen LogP) is 3.05. The zero-order chi connectivity index (χ0) is 27.2.